The number of hydrogen-bond donors (Lipinski definition) is 1. The summed E-state index contributed by atoms with van der Waals surface area (Å²) in [7, 11) is 0. The predicted octanol–water partition coefficient (Wildman–Crippen LogP) is 1.60. The van der Waals surface area contributed by atoms with Gasteiger partial charge in [0.25, 0.3) is 0 Å². The van der Waals surface area contributed by atoms with Gasteiger partial charge in [-0.2, -0.15) is 0 Å². The first-order valence-corrected chi connectivity index (χ1v) is 9.17. The molecule has 2 aliphatic heterocycles. The molecule has 0 spiro atoms. The lowest BCUT2D eigenvalue weighted by molar-refractivity contribution is -0.138. The van der Waals surface area contributed by atoms with Gasteiger partial charge < -0.3 is 19.9 Å². The lowest BCUT2D eigenvalue weighted by Gasteiger charge is -2.37. The van der Waals surface area contributed by atoms with E-state index in [0.717, 1.165) is 32.3 Å². The number of carbonyl (C=O) groups is 2. The van der Waals surface area contributed by atoms with Crippen LogP contribution < -0.4 is 5.32 Å². The molecule has 23 heavy (non-hydrogen) atoms. The maximum absolute atomic E-state index is 12.5. The lowest BCUT2D eigenvalue weighted by Crippen LogP contribution is -2.54. The van der Waals surface area contributed by atoms with Crippen LogP contribution in [0.25, 0.3) is 0 Å². The molecular weight excluding hydrogens is 294 g/mol. The summed E-state index contributed by atoms with van der Waals surface area (Å²) in [5, 5.41) is 2.96. The van der Waals surface area contributed by atoms with Crippen molar-refractivity contribution in [2.24, 2.45) is 5.92 Å². The van der Waals surface area contributed by atoms with Gasteiger partial charge in [-0.05, 0) is 25.7 Å². The van der Waals surface area contributed by atoms with E-state index < -0.39 is 0 Å². The van der Waals surface area contributed by atoms with E-state index in [4.69, 9.17) is 4.74 Å². The summed E-state index contributed by atoms with van der Waals surface area (Å²) < 4.78 is 5.52. The number of nitrogens with one attached hydrogen (secondary N) is 1. The number of hydrogen-bond acceptors (Lipinski definition) is 3. The molecule has 3 amide bonds. The second kappa shape index (κ2) is 7.99. The average Bonchev–Trinajstić information content (AvgIpc) is 3.13. The van der Waals surface area contributed by atoms with Crippen LogP contribution in [-0.2, 0) is 9.53 Å². The number of amides is 3. The quantitative estimate of drug-likeness (QED) is 0.858. The van der Waals surface area contributed by atoms with E-state index in [1.54, 1.807) is 0 Å². The van der Waals surface area contributed by atoms with Gasteiger partial charge in [0.05, 0.1) is 6.10 Å². The molecule has 130 valence electrons. The molecule has 3 rings (SSSR count). The van der Waals surface area contributed by atoms with Crippen LogP contribution in [0.4, 0.5) is 4.79 Å². The minimum Gasteiger partial charge on any atom is -0.376 e. The maximum Gasteiger partial charge on any atom is 0.317 e. The Bertz CT molecular complexity index is 409. The van der Waals surface area contributed by atoms with Gasteiger partial charge in [0.15, 0.2) is 0 Å². The number of nitrogens with zero attached hydrogens (tertiary/aromatic N) is 2. The molecule has 1 atom stereocenters. The van der Waals surface area contributed by atoms with E-state index in [1.165, 1.54) is 19.3 Å². The summed E-state index contributed by atoms with van der Waals surface area (Å²) in [6, 6.07) is -0.0229. The van der Waals surface area contributed by atoms with E-state index >= 15 is 0 Å². The molecule has 3 fully saturated rings. The van der Waals surface area contributed by atoms with Crippen molar-refractivity contribution in [2.75, 3.05) is 39.3 Å². The highest BCUT2D eigenvalue weighted by Crippen LogP contribution is 2.25. The van der Waals surface area contributed by atoms with Crippen molar-refractivity contribution in [1.29, 1.82) is 0 Å². The molecule has 1 aliphatic carbocycles. The molecule has 0 bridgehead atoms. The molecule has 0 aromatic carbocycles. The molecule has 6 nitrogen and oxygen atoms in total. The van der Waals surface area contributed by atoms with E-state index in [1.807, 2.05) is 9.80 Å². The Balaban J connectivity index is 1.38. The second-order valence-corrected chi connectivity index (χ2v) is 6.97. The summed E-state index contributed by atoms with van der Waals surface area (Å²) in [6.07, 6.45) is 8.01. The van der Waals surface area contributed by atoms with Crippen LogP contribution in [0, 0.1) is 5.92 Å². The van der Waals surface area contributed by atoms with Gasteiger partial charge in [0.1, 0.15) is 0 Å². The van der Waals surface area contributed by atoms with Crippen LogP contribution in [0.2, 0.25) is 0 Å². The summed E-state index contributed by atoms with van der Waals surface area (Å²) in [4.78, 5) is 28.5. The van der Waals surface area contributed by atoms with Gasteiger partial charge in [-0.25, -0.2) is 4.79 Å². The van der Waals surface area contributed by atoms with Crippen molar-refractivity contribution >= 4 is 11.9 Å². The standard InChI is InChI=1S/C17H29N3O3/c21-16(14-5-2-1-3-6-14)19-8-10-20(11-9-19)17(22)18-13-15-7-4-12-23-15/h14-15H,1-13H2,(H,18,22). The molecule has 2 heterocycles. The zero-order valence-electron chi connectivity index (χ0n) is 14.0. The van der Waals surface area contributed by atoms with Crippen molar-refractivity contribution in [3.05, 3.63) is 0 Å². The van der Waals surface area contributed by atoms with Crippen LogP contribution in [0.1, 0.15) is 44.9 Å². The Kier molecular flexibility index (Phi) is 5.75. The highest BCUT2D eigenvalue weighted by atomic mass is 16.5. The van der Waals surface area contributed by atoms with Gasteiger partial charge in [0.2, 0.25) is 5.91 Å². The minimum atomic E-state index is -0.0229. The summed E-state index contributed by atoms with van der Waals surface area (Å²) >= 11 is 0. The molecule has 1 saturated carbocycles. The Hall–Kier alpha value is -1.30. The topological polar surface area (TPSA) is 61.9 Å². The molecule has 6 heteroatoms. The number of carbonyl (C=O) groups excluding carboxylic acids is 2. The van der Waals surface area contributed by atoms with Crippen molar-refractivity contribution in [3.8, 4) is 0 Å². The lowest BCUT2D eigenvalue weighted by atomic mass is 9.88. The first-order chi connectivity index (χ1) is 11.2. The molecule has 0 aromatic heterocycles. The van der Waals surface area contributed by atoms with Gasteiger partial charge >= 0.3 is 6.03 Å². The maximum atomic E-state index is 12.5. The van der Waals surface area contributed by atoms with Crippen molar-refractivity contribution in [1.82, 2.24) is 15.1 Å². The fraction of sp³-hybridized carbons (Fsp3) is 0.882. The SMILES string of the molecule is O=C(NCC1CCCO1)N1CCN(C(=O)C2CCCCC2)CC1. The first kappa shape index (κ1) is 16.6. The zero-order chi connectivity index (χ0) is 16.1. The predicted molar refractivity (Wildman–Crippen MR) is 87.1 cm³/mol. The van der Waals surface area contributed by atoms with Crippen LogP contribution in [0.5, 0.6) is 0 Å². The van der Waals surface area contributed by atoms with Crippen LogP contribution >= 0.6 is 0 Å². The molecule has 0 aromatic rings. The normalized spacial score (nSPS) is 26.3. The Labute approximate surface area is 138 Å². The largest absolute Gasteiger partial charge is 0.376 e. The average molecular weight is 323 g/mol. The number of rotatable bonds is 3. The van der Waals surface area contributed by atoms with E-state index in [-0.39, 0.29) is 18.1 Å². The second-order valence-electron chi connectivity index (χ2n) is 6.97. The monoisotopic (exact) mass is 323 g/mol. The van der Waals surface area contributed by atoms with Gasteiger partial charge in [-0.15, -0.1) is 0 Å². The highest BCUT2D eigenvalue weighted by Gasteiger charge is 2.29. The van der Waals surface area contributed by atoms with Crippen molar-refractivity contribution in [2.45, 2.75) is 51.0 Å². The molecule has 3 aliphatic rings. The smallest absolute Gasteiger partial charge is 0.317 e. The summed E-state index contributed by atoms with van der Waals surface area (Å²) in [6.45, 7) is 4.01. The first-order valence-electron chi connectivity index (χ1n) is 9.17. The van der Waals surface area contributed by atoms with E-state index in [9.17, 15) is 9.59 Å². The zero-order valence-corrected chi connectivity index (χ0v) is 14.0. The Morgan fingerprint density at radius 3 is 2.26 bits per heavy atom. The fourth-order valence-electron chi connectivity index (χ4n) is 3.86. The number of urea groups is 1. The fourth-order valence-corrected chi connectivity index (χ4v) is 3.86. The molecular formula is C17H29N3O3. The van der Waals surface area contributed by atoms with E-state index in [0.29, 0.717) is 38.6 Å². The summed E-state index contributed by atoms with van der Waals surface area (Å²) in [5.41, 5.74) is 0. The number of piperazine rings is 1. The summed E-state index contributed by atoms with van der Waals surface area (Å²) in [5.74, 6) is 0.535. The molecule has 1 unspecified atom stereocenters. The molecule has 2 saturated heterocycles. The third-order valence-electron chi connectivity index (χ3n) is 5.34. The van der Waals surface area contributed by atoms with Crippen molar-refractivity contribution in [3.63, 3.8) is 0 Å². The van der Waals surface area contributed by atoms with Gasteiger partial charge in [0, 0.05) is 45.2 Å². The molecule has 0 radical (unpaired) electrons. The van der Waals surface area contributed by atoms with Gasteiger partial charge in [-0.1, -0.05) is 19.3 Å². The van der Waals surface area contributed by atoms with Crippen LogP contribution in [0.15, 0.2) is 0 Å². The number of ether oxygens (including phenoxy) is 1. The van der Waals surface area contributed by atoms with E-state index in [2.05, 4.69) is 5.32 Å². The van der Waals surface area contributed by atoms with Crippen LogP contribution in [-0.4, -0.2) is 67.2 Å². The van der Waals surface area contributed by atoms with Gasteiger partial charge in [-0.3, -0.25) is 4.79 Å². The third-order valence-corrected chi connectivity index (χ3v) is 5.34. The third kappa shape index (κ3) is 4.37. The van der Waals surface area contributed by atoms with Crippen molar-refractivity contribution < 1.29 is 14.3 Å². The van der Waals surface area contributed by atoms with Crippen LogP contribution in [0.3, 0.4) is 0 Å². The minimum absolute atomic E-state index is 0.0229. The molecule has 1 N–H and O–H groups in total. The Morgan fingerprint density at radius 2 is 1.61 bits per heavy atom. The Morgan fingerprint density at radius 1 is 0.913 bits per heavy atom. The highest BCUT2D eigenvalue weighted by molar-refractivity contribution is 5.79.